The lowest BCUT2D eigenvalue weighted by Gasteiger charge is -2.11. The van der Waals surface area contributed by atoms with E-state index in [-0.39, 0.29) is 23.3 Å². The van der Waals surface area contributed by atoms with Crippen LogP contribution in [0.15, 0.2) is 18.2 Å². The van der Waals surface area contributed by atoms with Crippen LogP contribution >= 0.6 is 11.6 Å². The average Bonchev–Trinajstić information content (AvgIpc) is 2.40. The highest BCUT2D eigenvalue weighted by molar-refractivity contribution is 7.91. The molecule has 1 aromatic carbocycles. The Morgan fingerprint density at radius 3 is 2.67 bits per heavy atom. The number of rotatable bonds is 7. The van der Waals surface area contributed by atoms with Gasteiger partial charge in [-0.1, -0.05) is 18.5 Å². The predicted octanol–water partition coefficient (Wildman–Crippen LogP) is 2.85. The lowest BCUT2D eigenvalue weighted by Crippen LogP contribution is -2.21. The summed E-state index contributed by atoms with van der Waals surface area (Å²) in [6.45, 7) is 3.52. The molecule has 0 saturated heterocycles. The average molecular weight is 333 g/mol. The zero-order chi connectivity index (χ0) is 16.0. The summed E-state index contributed by atoms with van der Waals surface area (Å²) in [7, 11) is -3.12. The van der Waals surface area contributed by atoms with E-state index in [4.69, 9.17) is 17.3 Å². The monoisotopic (exact) mass is 332 g/mol. The first-order chi connectivity index (χ1) is 9.76. The molecule has 0 fully saturated rings. The summed E-state index contributed by atoms with van der Waals surface area (Å²) in [5.74, 6) is -0.244. The maximum Gasteiger partial charge on any atom is 0.224 e. The summed E-state index contributed by atoms with van der Waals surface area (Å²) < 4.78 is 23.7. The van der Waals surface area contributed by atoms with Crippen LogP contribution < -0.4 is 11.1 Å². The van der Waals surface area contributed by atoms with Gasteiger partial charge in [-0.25, -0.2) is 8.42 Å². The topological polar surface area (TPSA) is 89.3 Å². The van der Waals surface area contributed by atoms with Crippen LogP contribution in [0.5, 0.6) is 0 Å². The molecule has 0 aliphatic carbocycles. The SMILES string of the molecule is CCC(C)S(=O)(=O)CCCC(=O)Nc1ccc(N)cc1Cl. The Balaban J connectivity index is 2.48. The summed E-state index contributed by atoms with van der Waals surface area (Å²) in [5, 5.41) is 2.63. The van der Waals surface area contributed by atoms with Crippen molar-refractivity contribution < 1.29 is 13.2 Å². The number of anilines is 2. The number of hydrogen-bond acceptors (Lipinski definition) is 4. The number of benzene rings is 1. The minimum atomic E-state index is -3.12. The van der Waals surface area contributed by atoms with Gasteiger partial charge in [0.1, 0.15) is 0 Å². The van der Waals surface area contributed by atoms with E-state index >= 15 is 0 Å². The van der Waals surface area contributed by atoms with Crippen LogP contribution in [0.4, 0.5) is 11.4 Å². The molecule has 0 aromatic heterocycles. The molecule has 0 saturated carbocycles. The molecule has 1 unspecified atom stereocenters. The van der Waals surface area contributed by atoms with Gasteiger partial charge in [-0.05, 0) is 38.0 Å². The van der Waals surface area contributed by atoms with E-state index in [0.29, 0.717) is 29.2 Å². The normalized spacial score (nSPS) is 12.9. The number of nitrogen functional groups attached to an aromatic ring is 1. The van der Waals surface area contributed by atoms with Gasteiger partial charge in [0.15, 0.2) is 9.84 Å². The van der Waals surface area contributed by atoms with Gasteiger partial charge in [0.25, 0.3) is 0 Å². The largest absolute Gasteiger partial charge is 0.399 e. The second-order valence-electron chi connectivity index (χ2n) is 4.98. The second kappa shape index (κ2) is 7.66. The lowest BCUT2D eigenvalue weighted by molar-refractivity contribution is -0.116. The molecule has 7 heteroatoms. The van der Waals surface area contributed by atoms with Crippen molar-refractivity contribution in [2.45, 2.75) is 38.4 Å². The quantitative estimate of drug-likeness (QED) is 0.751. The van der Waals surface area contributed by atoms with E-state index < -0.39 is 9.84 Å². The number of carbonyl (C=O) groups is 1. The van der Waals surface area contributed by atoms with Gasteiger partial charge in [0.05, 0.1) is 21.7 Å². The third kappa shape index (κ3) is 5.55. The second-order valence-corrected chi connectivity index (χ2v) is 7.92. The smallest absolute Gasteiger partial charge is 0.224 e. The van der Waals surface area contributed by atoms with Crippen molar-refractivity contribution in [2.75, 3.05) is 16.8 Å². The van der Waals surface area contributed by atoms with E-state index in [0.717, 1.165) is 0 Å². The van der Waals surface area contributed by atoms with E-state index in [1.54, 1.807) is 25.1 Å². The number of halogens is 1. The number of carbonyl (C=O) groups excluding carboxylic acids is 1. The van der Waals surface area contributed by atoms with E-state index in [2.05, 4.69) is 5.32 Å². The Morgan fingerprint density at radius 2 is 2.10 bits per heavy atom. The molecule has 1 amide bonds. The van der Waals surface area contributed by atoms with Crippen LogP contribution in [-0.4, -0.2) is 25.3 Å². The molecule has 118 valence electrons. The van der Waals surface area contributed by atoms with Crippen LogP contribution in [0.3, 0.4) is 0 Å². The van der Waals surface area contributed by atoms with Gasteiger partial charge in [-0.3, -0.25) is 4.79 Å². The molecule has 5 nitrogen and oxygen atoms in total. The highest BCUT2D eigenvalue weighted by atomic mass is 35.5. The molecular weight excluding hydrogens is 312 g/mol. The summed E-state index contributed by atoms with van der Waals surface area (Å²) in [4.78, 5) is 11.8. The highest BCUT2D eigenvalue weighted by Gasteiger charge is 2.19. The third-order valence-electron chi connectivity index (χ3n) is 3.29. The molecule has 21 heavy (non-hydrogen) atoms. The van der Waals surface area contributed by atoms with Crippen molar-refractivity contribution in [3.8, 4) is 0 Å². The van der Waals surface area contributed by atoms with Gasteiger partial charge in [0.2, 0.25) is 5.91 Å². The molecule has 0 aliphatic rings. The summed E-state index contributed by atoms with van der Waals surface area (Å²) in [5.41, 5.74) is 6.55. The van der Waals surface area contributed by atoms with Gasteiger partial charge in [0, 0.05) is 12.1 Å². The third-order valence-corrected chi connectivity index (χ3v) is 6.02. The Morgan fingerprint density at radius 1 is 1.43 bits per heavy atom. The zero-order valence-electron chi connectivity index (χ0n) is 12.2. The van der Waals surface area contributed by atoms with Crippen LogP contribution in [0.2, 0.25) is 5.02 Å². The zero-order valence-corrected chi connectivity index (χ0v) is 13.8. The summed E-state index contributed by atoms with van der Waals surface area (Å²) in [6, 6.07) is 4.80. The first-order valence-electron chi connectivity index (χ1n) is 6.82. The fourth-order valence-corrected chi connectivity index (χ4v) is 3.43. The first kappa shape index (κ1) is 17.8. The van der Waals surface area contributed by atoms with Crippen LogP contribution in [0.1, 0.15) is 33.1 Å². The van der Waals surface area contributed by atoms with Crippen molar-refractivity contribution in [1.29, 1.82) is 0 Å². The van der Waals surface area contributed by atoms with E-state index in [9.17, 15) is 13.2 Å². The van der Waals surface area contributed by atoms with Gasteiger partial charge in [-0.2, -0.15) is 0 Å². The maximum atomic E-state index is 11.8. The molecule has 1 aromatic rings. The van der Waals surface area contributed by atoms with Crippen molar-refractivity contribution >= 4 is 38.7 Å². The van der Waals surface area contributed by atoms with E-state index in [1.807, 2.05) is 6.92 Å². The molecule has 1 atom stereocenters. The number of amides is 1. The predicted molar refractivity (Wildman–Crippen MR) is 87.3 cm³/mol. The molecule has 0 radical (unpaired) electrons. The number of nitrogens with one attached hydrogen (secondary N) is 1. The Bertz CT molecular complexity index is 602. The molecule has 1 rings (SSSR count). The molecule has 3 N–H and O–H groups in total. The van der Waals surface area contributed by atoms with Gasteiger partial charge >= 0.3 is 0 Å². The molecule has 0 bridgehead atoms. The van der Waals surface area contributed by atoms with Gasteiger partial charge in [-0.15, -0.1) is 0 Å². The molecule has 0 heterocycles. The van der Waals surface area contributed by atoms with E-state index in [1.165, 1.54) is 0 Å². The maximum absolute atomic E-state index is 11.8. The summed E-state index contributed by atoms with van der Waals surface area (Å²) in [6.07, 6.45) is 1.01. The van der Waals surface area contributed by atoms with Crippen molar-refractivity contribution in [1.82, 2.24) is 0 Å². The Labute approximate surface area is 130 Å². The Kier molecular flexibility index (Phi) is 6.48. The fraction of sp³-hybridized carbons (Fsp3) is 0.500. The van der Waals surface area contributed by atoms with Crippen LogP contribution in [0, 0.1) is 0 Å². The van der Waals surface area contributed by atoms with Crippen LogP contribution in [-0.2, 0) is 14.6 Å². The number of nitrogens with two attached hydrogens (primary N) is 1. The Hall–Kier alpha value is -1.27. The van der Waals surface area contributed by atoms with Crippen molar-refractivity contribution in [3.63, 3.8) is 0 Å². The molecular formula is C14H21ClN2O3S. The first-order valence-corrected chi connectivity index (χ1v) is 8.92. The number of sulfone groups is 1. The minimum Gasteiger partial charge on any atom is -0.399 e. The van der Waals surface area contributed by atoms with Gasteiger partial charge < -0.3 is 11.1 Å². The minimum absolute atomic E-state index is 0.0187. The molecule has 0 spiro atoms. The number of hydrogen-bond donors (Lipinski definition) is 2. The molecule has 0 aliphatic heterocycles. The van der Waals surface area contributed by atoms with Crippen LogP contribution in [0.25, 0.3) is 0 Å². The standard InChI is InChI=1S/C14H21ClN2O3S/c1-3-10(2)21(19,20)8-4-5-14(18)17-13-7-6-11(16)9-12(13)15/h6-7,9-10H,3-5,8,16H2,1-2H3,(H,17,18). The highest BCUT2D eigenvalue weighted by Crippen LogP contribution is 2.24. The van der Waals surface area contributed by atoms with Crippen molar-refractivity contribution in [3.05, 3.63) is 23.2 Å². The summed E-state index contributed by atoms with van der Waals surface area (Å²) >= 11 is 5.95. The lowest BCUT2D eigenvalue weighted by atomic mass is 10.2. The van der Waals surface area contributed by atoms with Crippen molar-refractivity contribution in [2.24, 2.45) is 0 Å². The fourth-order valence-electron chi connectivity index (χ4n) is 1.73.